The van der Waals surface area contributed by atoms with Crippen molar-refractivity contribution in [1.29, 1.82) is 0 Å². The molecule has 0 radical (unpaired) electrons. The maximum absolute atomic E-state index is 11.5. The molecule has 0 bridgehead atoms. The van der Waals surface area contributed by atoms with Crippen molar-refractivity contribution in [2.75, 3.05) is 13.7 Å². The fourth-order valence-corrected chi connectivity index (χ4v) is 6.11. The highest BCUT2D eigenvalue weighted by molar-refractivity contribution is 5.71. The number of esters is 1. The van der Waals surface area contributed by atoms with E-state index in [0.717, 1.165) is 63.5 Å². The van der Waals surface area contributed by atoms with Crippen LogP contribution < -0.4 is 4.74 Å². The summed E-state index contributed by atoms with van der Waals surface area (Å²) in [5.74, 6) is 1.83. The van der Waals surface area contributed by atoms with Crippen molar-refractivity contribution in [3.05, 3.63) is 29.3 Å². The lowest BCUT2D eigenvalue weighted by Crippen LogP contribution is -2.29. The third-order valence-corrected chi connectivity index (χ3v) is 8.23. The summed E-state index contributed by atoms with van der Waals surface area (Å²) in [5, 5.41) is 21.4. The Bertz CT molecular complexity index is 806. The molecule has 1 aromatic rings. The molecule has 2 fully saturated rings. The Morgan fingerprint density at radius 2 is 2.00 bits per heavy atom. The molecule has 0 amide bonds. The summed E-state index contributed by atoms with van der Waals surface area (Å²) in [6.07, 6.45) is 10.2. The molecule has 4 rings (SSSR count). The highest BCUT2D eigenvalue weighted by Gasteiger charge is 2.45. The smallest absolute Gasteiger partial charge is 0.343 e. The number of unbranched alkanes of at least 4 members (excludes halogenated alkanes) is 2. The highest BCUT2D eigenvalue weighted by atomic mass is 16.6. The van der Waals surface area contributed by atoms with E-state index in [2.05, 4.69) is 13.0 Å². The number of hydrogen-bond acceptors (Lipinski definition) is 6. The van der Waals surface area contributed by atoms with Crippen molar-refractivity contribution in [3.63, 3.8) is 0 Å². The molecular weight excluding hydrogens is 432 g/mol. The second-order valence-electron chi connectivity index (χ2n) is 10.6. The molecule has 6 nitrogen and oxygen atoms in total. The lowest BCUT2D eigenvalue weighted by atomic mass is 9.73. The first-order chi connectivity index (χ1) is 16.5. The molecule has 6 atom stereocenters. The number of aliphatic hydroxyl groups is 2. The number of fused-ring (bicyclic) bond motifs is 2. The van der Waals surface area contributed by atoms with Gasteiger partial charge in [-0.25, -0.2) is 4.79 Å². The molecule has 0 aromatic heterocycles. The molecule has 190 valence electrons. The fourth-order valence-electron chi connectivity index (χ4n) is 6.11. The molecule has 3 aliphatic carbocycles. The van der Waals surface area contributed by atoms with E-state index >= 15 is 0 Å². The molecule has 0 aliphatic heterocycles. The number of carbonyl (C=O) groups excluding carboxylic acids is 1. The maximum Gasteiger partial charge on any atom is 0.343 e. The average Bonchev–Trinajstić information content (AvgIpc) is 3.64. The predicted octanol–water partition coefficient (Wildman–Crippen LogP) is 4.42. The van der Waals surface area contributed by atoms with E-state index in [4.69, 9.17) is 14.2 Å². The van der Waals surface area contributed by atoms with E-state index in [1.165, 1.54) is 31.1 Å². The molecule has 3 aliphatic rings. The summed E-state index contributed by atoms with van der Waals surface area (Å²) in [6, 6.07) is 6.07. The van der Waals surface area contributed by atoms with Gasteiger partial charge in [0.15, 0.2) is 12.9 Å². The highest BCUT2D eigenvalue weighted by Crippen LogP contribution is 2.48. The normalized spacial score (nSPS) is 27.5. The molecule has 2 N–H and O–H groups in total. The molecule has 0 spiro atoms. The third-order valence-electron chi connectivity index (χ3n) is 8.23. The van der Waals surface area contributed by atoms with E-state index in [-0.39, 0.29) is 30.7 Å². The van der Waals surface area contributed by atoms with Gasteiger partial charge in [0.1, 0.15) is 5.75 Å². The van der Waals surface area contributed by atoms with Crippen LogP contribution in [0.2, 0.25) is 0 Å². The number of rotatable bonds is 13. The van der Waals surface area contributed by atoms with Gasteiger partial charge in [0.05, 0.1) is 19.3 Å². The van der Waals surface area contributed by atoms with Crippen molar-refractivity contribution in [2.45, 2.75) is 96.1 Å². The number of ether oxygens (including phenoxy) is 3. The van der Waals surface area contributed by atoms with Gasteiger partial charge in [0.2, 0.25) is 0 Å². The average molecular weight is 475 g/mol. The molecule has 0 heterocycles. The quantitative estimate of drug-likeness (QED) is 0.250. The van der Waals surface area contributed by atoms with E-state index in [0.29, 0.717) is 17.8 Å². The van der Waals surface area contributed by atoms with Crippen LogP contribution in [0.3, 0.4) is 0 Å². The van der Waals surface area contributed by atoms with Gasteiger partial charge >= 0.3 is 5.97 Å². The maximum atomic E-state index is 11.5. The van der Waals surface area contributed by atoms with Gasteiger partial charge in [0, 0.05) is 5.92 Å². The first-order valence-corrected chi connectivity index (χ1v) is 13.3. The molecule has 1 unspecified atom stereocenters. The minimum absolute atomic E-state index is 0.0719. The molecule has 0 saturated heterocycles. The van der Waals surface area contributed by atoms with Crippen LogP contribution in [0.1, 0.15) is 75.8 Å². The second-order valence-corrected chi connectivity index (χ2v) is 10.6. The van der Waals surface area contributed by atoms with E-state index in [1.807, 2.05) is 12.1 Å². The van der Waals surface area contributed by atoms with Crippen LogP contribution in [0.15, 0.2) is 18.2 Å². The van der Waals surface area contributed by atoms with E-state index in [9.17, 15) is 15.0 Å². The van der Waals surface area contributed by atoms with Crippen LogP contribution in [0, 0.1) is 23.7 Å². The largest absolute Gasteiger partial charge is 0.482 e. The zero-order valence-electron chi connectivity index (χ0n) is 20.8. The number of carbonyl (C=O) groups is 1. The number of benzene rings is 1. The van der Waals surface area contributed by atoms with Crippen LogP contribution in [-0.2, 0) is 27.1 Å². The zero-order valence-corrected chi connectivity index (χ0v) is 20.8. The van der Waals surface area contributed by atoms with Crippen LogP contribution in [0.4, 0.5) is 0 Å². The Hall–Kier alpha value is -1.63. The molecule has 34 heavy (non-hydrogen) atoms. The first kappa shape index (κ1) is 25.5. The van der Waals surface area contributed by atoms with Crippen molar-refractivity contribution < 1.29 is 29.2 Å². The number of aliphatic hydroxyl groups excluding tert-OH is 2. The standard InChI is InChI=1S/C28H42O6/c1-3-4-5-8-21(34-28(31)18-10-11-18)12-13-22-23-14-19-7-6-9-26(33-17-27(30)32-2)24(19)15-20(23)16-25(22)29/h6-7,9,18,20-23,25,28-29,31H,3-5,8,10-17H2,1-2H3/t20-,21+,22+,23-,25+,28?/m0/s1. The summed E-state index contributed by atoms with van der Waals surface area (Å²) >= 11 is 0. The first-order valence-electron chi connectivity index (χ1n) is 13.3. The van der Waals surface area contributed by atoms with Crippen LogP contribution in [0.25, 0.3) is 0 Å². The van der Waals surface area contributed by atoms with E-state index in [1.54, 1.807) is 0 Å². The van der Waals surface area contributed by atoms with Crippen molar-refractivity contribution in [1.82, 2.24) is 0 Å². The van der Waals surface area contributed by atoms with Crippen molar-refractivity contribution >= 4 is 5.97 Å². The number of methoxy groups -OCH3 is 1. The zero-order chi connectivity index (χ0) is 24.1. The minimum Gasteiger partial charge on any atom is -0.482 e. The second kappa shape index (κ2) is 11.9. The Labute approximate surface area is 204 Å². The summed E-state index contributed by atoms with van der Waals surface area (Å²) in [6.45, 7) is 2.12. The summed E-state index contributed by atoms with van der Waals surface area (Å²) < 4.78 is 16.6. The van der Waals surface area contributed by atoms with Gasteiger partial charge < -0.3 is 24.4 Å². The fraction of sp³-hybridized carbons (Fsp3) is 0.750. The Kier molecular flexibility index (Phi) is 8.89. The summed E-state index contributed by atoms with van der Waals surface area (Å²) in [4.78, 5) is 11.5. The summed E-state index contributed by atoms with van der Waals surface area (Å²) in [7, 11) is 1.36. The van der Waals surface area contributed by atoms with Crippen molar-refractivity contribution in [3.8, 4) is 5.75 Å². The minimum atomic E-state index is -0.627. The summed E-state index contributed by atoms with van der Waals surface area (Å²) in [5.41, 5.74) is 2.44. The number of hydrogen-bond donors (Lipinski definition) is 2. The Morgan fingerprint density at radius 3 is 2.74 bits per heavy atom. The molecular formula is C28H42O6. The van der Waals surface area contributed by atoms with Gasteiger partial charge in [-0.05, 0) is 86.3 Å². The van der Waals surface area contributed by atoms with E-state index < -0.39 is 6.29 Å². The van der Waals surface area contributed by atoms with Gasteiger partial charge in [-0.3, -0.25) is 0 Å². The Balaban J connectivity index is 1.38. The SMILES string of the molecule is CCCCC[C@H](CC[C@@H]1[C@H]2Cc3cccc(OCC(=O)OC)c3C[C@H]2C[C@H]1O)OC(O)C1CC1. The monoisotopic (exact) mass is 474 g/mol. The topological polar surface area (TPSA) is 85.2 Å². The van der Waals surface area contributed by atoms with Gasteiger partial charge in [-0.1, -0.05) is 38.3 Å². The predicted molar refractivity (Wildman–Crippen MR) is 129 cm³/mol. The molecule has 1 aromatic carbocycles. The lowest BCUT2D eigenvalue weighted by Gasteiger charge is -2.33. The Morgan fingerprint density at radius 1 is 1.18 bits per heavy atom. The van der Waals surface area contributed by atoms with Gasteiger partial charge in [0.25, 0.3) is 0 Å². The van der Waals surface area contributed by atoms with Gasteiger partial charge in [-0.15, -0.1) is 0 Å². The third kappa shape index (κ3) is 6.32. The van der Waals surface area contributed by atoms with Crippen molar-refractivity contribution in [2.24, 2.45) is 23.7 Å². The van der Waals surface area contributed by atoms with Crippen LogP contribution in [0.5, 0.6) is 5.75 Å². The van der Waals surface area contributed by atoms with Gasteiger partial charge in [-0.2, -0.15) is 0 Å². The lowest BCUT2D eigenvalue weighted by molar-refractivity contribution is -0.152. The molecule has 2 saturated carbocycles. The van der Waals surface area contributed by atoms with Crippen LogP contribution >= 0.6 is 0 Å². The molecule has 6 heteroatoms. The van der Waals surface area contributed by atoms with Crippen LogP contribution in [-0.4, -0.2) is 48.4 Å².